The summed E-state index contributed by atoms with van der Waals surface area (Å²) in [7, 11) is 0. The first-order valence-electron chi connectivity index (χ1n) is 8.94. The summed E-state index contributed by atoms with van der Waals surface area (Å²) < 4.78 is 0. The van der Waals surface area contributed by atoms with Crippen LogP contribution in [0.1, 0.15) is 72.1 Å². The van der Waals surface area contributed by atoms with Crippen LogP contribution in [0, 0.1) is 0 Å². The molecule has 2 heteroatoms. The largest absolute Gasteiger partial charge is 0.294 e. The van der Waals surface area contributed by atoms with Crippen LogP contribution in [0.3, 0.4) is 0 Å². The minimum Gasteiger partial charge on any atom is -0.294 e. The Labute approximate surface area is 144 Å². The molecule has 0 fully saturated rings. The van der Waals surface area contributed by atoms with E-state index >= 15 is 0 Å². The van der Waals surface area contributed by atoms with Crippen LogP contribution in [-0.2, 0) is 0 Å². The smallest absolute Gasteiger partial charge is 0.162 e. The lowest BCUT2D eigenvalue weighted by molar-refractivity contribution is 0.0969. The SMILES string of the molecule is O=C(CCCCCCCCC(=O)c1ccccc1)c1ccccc1. The van der Waals surface area contributed by atoms with E-state index in [1.807, 2.05) is 60.7 Å². The number of unbranched alkanes of at least 4 members (excludes halogenated alkanes) is 5. The van der Waals surface area contributed by atoms with Crippen molar-refractivity contribution in [3.05, 3.63) is 71.8 Å². The van der Waals surface area contributed by atoms with E-state index in [-0.39, 0.29) is 11.6 Å². The van der Waals surface area contributed by atoms with Gasteiger partial charge in [0.1, 0.15) is 0 Å². The van der Waals surface area contributed by atoms with Crippen molar-refractivity contribution < 1.29 is 9.59 Å². The fourth-order valence-electron chi connectivity index (χ4n) is 2.81. The summed E-state index contributed by atoms with van der Waals surface area (Å²) in [5, 5.41) is 0. The molecule has 0 saturated carbocycles. The Bertz CT molecular complexity index is 559. The molecule has 0 atom stereocenters. The molecule has 2 nitrogen and oxygen atoms in total. The molecular formula is C22H26O2. The molecule has 126 valence electrons. The number of carbonyl (C=O) groups excluding carboxylic acids is 2. The molecule has 0 amide bonds. The predicted molar refractivity (Wildman–Crippen MR) is 98.5 cm³/mol. The highest BCUT2D eigenvalue weighted by atomic mass is 16.1. The van der Waals surface area contributed by atoms with Crippen LogP contribution in [-0.4, -0.2) is 11.6 Å². The number of ketones is 2. The van der Waals surface area contributed by atoms with Gasteiger partial charge in [0.15, 0.2) is 11.6 Å². The minimum atomic E-state index is 0.240. The summed E-state index contributed by atoms with van der Waals surface area (Å²) in [6.45, 7) is 0. The molecule has 0 bridgehead atoms. The van der Waals surface area contributed by atoms with E-state index in [4.69, 9.17) is 0 Å². The highest BCUT2D eigenvalue weighted by Gasteiger charge is 2.05. The van der Waals surface area contributed by atoms with E-state index in [2.05, 4.69) is 0 Å². The maximum Gasteiger partial charge on any atom is 0.162 e. The van der Waals surface area contributed by atoms with E-state index < -0.39 is 0 Å². The van der Waals surface area contributed by atoms with Crippen molar-refractivity contribution in [2.45, 2.75) is 51.4 Å². The average Bonchev–Trinajstić information content (AvgIpc) is 2.65. The van der Waals surface area contributed by atoms with Gasteiger partial charge in [-0.2, -0.15) is 0 Å². The van der Waals surface area contributed by atoms with E-state index in [9.17, 15) is 9.59 Å². The van der Waals surface area contributed by atoms with Gasteiger partial charge < -0.3 is 0 Å². The van der Waals surface area contributed by atoms with Gasteiger partial charge in [-0.05, 0) is 12.8 Å². The zero-order valence-corrected chi connectivity index (χ0v) is 14.2. The zero-order chi connectivity index (χ0) is 17.0. The maximum absolute atomic E-state index is 12.0. The Morgan fingerprint density at radius 2 is 0.833 bits per heavy atom. The Balaban J connectivity index is 1.48. The Hall–Kier alpha value is -2.22. The number of Topliss-reactive ketones (excluding diaryl/α,β-unsaturated/α-hetero) is 2. The summed E-state index contributed by atoms with van der Waals surface area (Å²) in [5.74, 6) is 0.480. The van der Waals surface area contributed by atoms with Gasteiger partial charge in [-0.15, -0.1) is 0 Å². The number of rotatable bonds is 11. The van der Waals surface area contributed by atoms with E-state index in [1.165, 1.54) is 0 Å². The second-order valence-corrected chi connectivity index (χ2v) is 6.20. The van der Waals surface area contributed by atoms with Crippen molar-refractivity contribution >= 4 is 11.6 Å². The lowest BCUT2D eigenvalue weighted by Crippen LogP contribution is -1.99. The van der Waals surface area contributed by atoms with E-state index in [1.54, 1.807) is 0 Å². The molecule has 0 aliphatic carbocycles. The third-order valence-electron chi connectivity index (χ3n) is 4.25. The Morgan fingerprint density at radius 1 is 0.500 bits per heavy atom. The molecule has 0 aliphatic rings. The summed E-state index contributed by atoms with van der Waals surface area (Å²) in [4.78, 5) is 23.9. The molecule has 0 aromatic heterocycles. The molecule has 2 aromatic rings. The fraction of sp³-hybridized carbons (Fsp3) is 0.364. The Morgan fingerprint density at radius 3 is 1.21 bits per heavy atom. The molecular weight excluding hydrogens is 296 g/mol. The van der Waals surface area contributed by atoms with Crippen molar-refractivity contribution in [2.24, 2.45) is 0 Å². The Kier molecular flexibility index (Phi) is 7.96. The van der Waals surface area contributed by atoms with Crippen molar-refractivity contribution in [1.29, 1.82) is 0 Å². The van der Waals surface area contributed by atoms with Crippen molar-refractivity contribution in [3.63, 3.8) is 0 Å². The van der Waals surface area contributed by atoms with Crippen molar-refractivity contribution in [1.82, 2.24) is 0 Å². The predicted octanol–water partition coefficient (Wildman–Crippen LogP) is 5.87. The van der Waals surface area contributed by atoms with Crippen LogP contribution < -0.4 is 0 Å². The van der Waals surface area contributed by atoms with Gasteiger partial charge in [-0.1, -0.05) is 86.3 Å². The summed E-state index contributed by atoms with van der Waals surface area (Å²) in [5.41, 5.74) is 1.63. The number of hydrogen-bond donors (Lipinski definition) is 0. The van der Waals surface area contributed by atoms with Gasteiger partial charge in [0.05, 0.1) is 0 Å². The molecule has 0 spiro atoms. The van der Waals surface area contributed by atoms with Crippen LogP contribution in [0.5, 0.6) is 0 Å². The van der Waals surface area contributed by atoms with E-state index in [0.717, 1.165) is 49.7 Å². The lowest BCUT2D eigenvalue weighted by Gasteiger charge is -2.03. The van der Waals surface area contributed by atoms with Gasteiger partial charge in [-0.3, -0.25) is 9.59 Å². The minimum absolute atomic E-state index is 0.240. The van der Waals surface area contributed by atoms with Gasteiger partial charge in [0, 0.05) is 24.0 Å². The first kappa shape index (κ1) is 18.1. The average molecular weight is 322 g/mol. The molecule has 24 heavy (non-hydrogen) atoms. The number of hydrogen-bond acceptors (Lipinski definition) is 2. The van der Waals surface area contributed by atoms with Crippen LogP contribution >= 0.6 is 0 Å². The molecule has 0 saturated heterocycles. The van der Waals surface area contributed by atoms with Gasteiger partial charge in [-0.25, -0.2) is 0 Å². The zero-order valence-electron chi connectivity index (χ0n) is 14.2. The topological polar surface area (TPSA) is 34.1 Å². The highest BCUT2D eigenvalue weighted by molar-refractivity contribution is 5.96. The first-order chi connectivity index (χ1) is 11.8. The monoisotopic (exact) mass is 322 g/mol. The van der Waals surface area contributed by atoms with Crippen LogP contribution in [0.4, 0.5) is 0 Å². The summed E-state index contributed by atoms with van der Waals surface area (Å²) in [6.07, 6.45) is 7.64. The fourth-order valence-corrected chi connectivity index (χ4v) is 2.81. The second-order valence-electron chi connectivity index (χ2n) is 6.20. The van der Waals surface area contributed by atoms with Crippen LogP contribution in [0.15, 0.2) is 60.7 Å². The van der Waals surface area contributed by atoms with Gasteiger partial charge >= 0.3 is 0 Å². The summed E-state index contributed by atoms with van der Waals surface area (Å²) >= 11 is 0. The van der Waals surface area contributed by atoms with Gasteiger partial charge in [0.25, 0.3) is 0 Å². The van der Waals surface area contributed by atoms with Crippen LogP contribution in [0.2, 0.25) is 0 Å². The summed E-state index contributed by atoms with van der Waals surface area (Å²) in [6, 6.07) is 19.0. The van der Waals surface area contributed by atoms with E-state index in [0.29, 0.717) is 12.8 Å². The van der Waals surface area contributed by atoms with Crippen LogP contribution in [0.25, 0.3) is 0 Å². The molecule has 0 heterocycles. The number of carbonyl (C=O) groups is 2. The van der Waals surface area contributed by atoms with Crippen molar-refractivity contribution in [3.8, 4) is 0 Å². The normalized spacial score (nSPS) is 10.5. The molecule has 2 rings (SSSR count). The third-order valence-corrected chi connectivity index (χ3v) is 4.25. The molecule has 2 aromatic carbocycles. The molecule has 0 aliphatic heterocycles. The molecule has 0 N–H and O–H groups in total. The third kappa shape index (κ3) is 6.49. The molecule has 0 unspecified atom stereocenters. The first-order valence-corrected chi connectivity index (χ1v) is 8.94. The molecule has 0 radical (unpaired) electrons. The standard InChI is InChI=1S/C22H26O2/c23-21(19-13-7-5-8-14-19)17-11-3-1-2-4-12-18-22(24)20-15-9-6-10-16-20/h5-10,13-16H,1-4,11-12,17-18H2. The quantitative estimate of drug-likeness (QED) is 0.383. The second kappa shape index (κ2) is 10.5. The number of benzene rings is 2. The maximum atomic E-state index is 12.0. The lowest BCUT2D eigenvalue weighted by atomic mass is 10.0. The van der Waals surface area contributed by atoms with Crippen molar-refractivity contribution in [2.75, 3.05) is 0 Å². The van der Waals surface area contributed by atoms with Gasteiger partial charge in [0.2, 0.25) is 0 Å². The highest BCUT2D eigenvalue weighted by Crippen LogP contribution is 2.13.